The molecule has 1 amide bonds. The van der Waals surface area contributed by atoms with Gasteiger partial charge in [-0.05, 0) is 19.9 Å². The highest BCUT2D eigenvalue weighted by atomic mass is 16.5. The first-order chi connectivity index (χ1) is 9.93. The van der Waals surface area contributed by atoms with Crippen molar-refractivity contribution in [3.63, 3.8) is 0 Å². The SMILES string of the molecule is COCC(O)CN(C)C(=O)c1cc(C)nc2onc(C)c12. The maximum absolute atomic E-state index is 12.6. The summed E-state index contributed by atoms with van der Waals surface area (Å²) in [6, 6.07) is 1.70. The van der Waals surface area contributed by atoms with E-state index in [1.54, 1.807) is 27.0 Å². The third kappa shape index (κ3) is 3.20. The second-order valence-corrected chi connectivity index (χ2v) is 5.05. The number of ether oxygens (including phenoxy) is 1. The molecule has 0 saturated heterocycles. The number of amides is 1. The summed E-state index contributed by atoms with van der Waals surface area (Å²) >= 11 is 0. The number of pyridine rings is 1. The van der Waals surface area contributed by atoms with Gasteiger partial charge in [-0.2, -0.15) is 0 Å². The predicted octanol–water partition coefficient (Wildman–Crippen LogP) is 0.919. The van der Waals surface area contributed by atoms with Gasteiger partial charge in [-0.15, -0.1) is 0 Å². The fourth-order valence-electron chi connectivity index (χ4n) is 2.24. The first-order valence-corrected chi connectivity index (χ1v) is 6.60. The zero-order chi connectivity index (χ0) is 15.6. The van der Waals surface area contributed by atoms with Gasteiger partial charge in [0.05, 0.1) is 29.4 Å². The number of aryl methyl sites for hydroxylation is 2. The van der Waals surface area contributed by atoms with Crippen LogP contribution in [0.15, 0.2) is 10.6 Å². The Bertz CT molecular complexity index is 653. The smallest absolute Gasteiger partial charge is 0.258 e. The number of fused-ring (bicyclic) bond motifs is 1. The predicted molar refractivity (Wildman–Crippen MR) is 76.1 cm³/mol. The lowest BCUT2D eigenvalue weighted by Gasteiger charge is -2.21. The minimum atomic E-state index is -0.731. The molecule has 2 aromatic rings. The van der Waals surface area contributed by atoms with Crippen LogP contribution >= 0.6 is 0 Å². The average Bonchev–Trinajstić information content (AvgIpc) is 2.78. The van der Waals surface area contributed by atoms with Gasteiger partial charge >= 0.3 is 0 Å². The summed E-state index contributed by atoms with van der Waals surface area (Å²) in [4.78, 5) is 18.2. The van der Waals surface area contributed by atoms with Crippen LogP contribution in [0.2, 0.25) is 0 Å². The number of aliphatic hydroxyl groups is 1. The van der Waals surface area contributed by atoms with Crippen LogP contribution in [0.25, 0.3) is 11.1 Å². The fraction of sp³-hybridized carbons (Fsp3) is 0.500. The molecular formula is C14H19N3O4. The van der Waals surface area contributed by atoms with Crippen LogP contribution in [0.5, 0.6) is 0 Å². The highest BCUT2D eigenvalue weighted by molar-refractivity contribution is 6.05. The molecule has 0 aromatic carbocycles. The number of carbonyl (C=O) groups is 1. The average molecular weight is 293 g/mol. The molecule has 7 heteroatoms. The largest absolute Gasteiger partial charge is 0.389 e. The van der Waals surface area contributed by atoms with Crippen LogP contribution in [0.4, 0.5) is 0 Å². The van der Waals surface area contributed by atoms with Gasteiger partial charge < -0.3 is 19.3 Å². The van der Waals surface area contributed by atoms with E-state index in [9.17, 15) is 9.90 Å². The van der Waals surface area contributed by atoms with E-state index in [4.69, 9.17) is 9.26 Å². The number of methoxy groups -OCH3 is 1. The highest BCUT2D eigenvalue weighted by Gasteiger charge is 2.21. The lowest BCUT2D eigenvalue weighted by atomic mass is 10.1. The van der Waals surface area contributed by atoms with E-state index in [0.717, 1.165) is 0 Å². The molecule has 21 heavy (non-hydrogen) atoms. The molecule has 2 rings (SSSR count). The number of aromatic nitrogens is 2. The van der Waals surface area contributed by atoms with Crippen molar-refractivity contribution in [1.82, 2.24) is 15.0 Å². The van der Waals surface area contributed by atoms with Gasteiger partial charge in [-0.25, -0.2) is 4.98 Å². The van der Waals surface area contributed by atoms with Crippen LogP contribution < -0.4 is 0 Å². The standard InChI is InChI=1S/C14H19N3O4/c1-8-5-11(12-9(2)16-21-13(12)15-8)14(19)17(3)6-10(18)7-20-4/h5,10,18H,6-7H2,1-4H3. The summed E-state index contributed by atoms with van der Waals surface area (Å²) in [7, 11) is 3.13. The van der Waals surface area contributed by atoms with Crippen molar-refractivity contribution >= 4 is 17.0 Å². The lowest BCUT2D eigenvalue weighted by Crippen LogP contribution is -2.36. The third-order valence-electron chi connectivity index (χ3n) is 3.17. The van der Waals surface area contributed by atoms with Crippen molar-refractivity contribution in [3.8, 4) is 0 Å². The Morgan fingerprint density at radius 1 is 1.52 bits per heavy atom. The highest BCUT2D eigenvalue weighted by Crippen LogP contribution is 2.23. The quantitative estimate of drug-likeness (QED) is 0.881. The molecule has 0 spiro atoms. The molecule has 0 aliphatic rings. The van der Waals surface area contributed by atoms with Crippen LogP contribution in [-0.4, -0.2) is 59.5 Å². The number of hydrogen-bond acceptors (Lipinski definition) is 6. The fourth-order valence-corrected chi connectivity index (χ4v) is 2.24. The van der Waals surface area contributed by atoms with Crippen LogP contribution in [-0.2, 0) is 4.74 Å². The zero-order valence-electron chi connectivity index (χ0n) is 12.6. The Labute approximate surface area is 122 Å². The summed E-state index contributed by atoms with van der Waals surface area (Å²) in [5.41, 5.74) is 2.12. The van der Waals surface area contributed by atoms with Gasteiger partial charge in [0.1, 0.15) is 0 Å². The molecule has 0 aliphatic heterocycles. The van der Waals surface area contributed by atoms with Gasteiger partial charge in [0.2, 0.25) is 0 Å². The number of likely N-dealkylation sites (N-methyl/N-ethyl adjacent to an activating group) is 1. The Hall–Kier alpha value is -1.99. The zero-order valence-corrected chi connectivity index (χ0v) is 12.6. The molecule has 2 aromatic heterocycles. The number of nitrogens with zero attached hydrogens (tertiary/aromatic N) is 3. The Morgan fingerprint density at radius 2 is 2.24 bits per heavy atom. The van der Waals surface area contributed by atoms with Gasteiger partial charge in [0.15, 0.2) is 0 Å². The van der Waals surface area contributed by atoms with Crippen molar-refractivity contribution in [3.05, 3.63) is 23.0 Å². The van der Waals surface area contributed by atoms with Crippen LogP contribution in [0.1, 0.15) is 21.7 Å². The van der Waals surface area contributed by atoms with Crippen molar-refractivity contribution in [2.24, 2.45) is 0 Å². The van der Waals surface area contributed by atoms with E-state index in [-0.39, 0.29) is 19.1 Å². The molecule has 2 heterocycles. The maximum Gasteiger partial charge on any atom is 0.258 e. The molecule has 114 valence electrons. The van der Waals surface area contributed by atoms with E-state index < -0.39 is 6.10 Å². The van der Waals surface area contributed by atoms with Crippen molar-refractivity contribution < 1.29 is 19.2 Å². The van der Waals surface area contributed by atoms with Crippen LogP contribution in [0.3, 0.4) is 0 Å². The summed E-state index contributed by atoms with van der Waals surface area (Å²) in [5.74, 6) is -0.216. The Kier molecular flexibility index (Phi) is 4.54. The molecule has 0 radical (unpaired) electrons. The molecule has 1 N–H and O–H groups in total. The van der Waals surface area contributed by atoms with Crippen molar-refractivity contribution in [1.29, 1.82) is 0 Å². The first-order valence-electron chi connectivity index (χ1n) is 6.60. The second kappa shape index (κ2) is 6.19. The topological polar surface area (TPSA) is 88.7 Å². The minimum absolute atomic E-state index is 0.175. The van der Waals surface area contributed by atoms with Gasteiger partial charge in [0.25, 0.3) is 11.6 Å². The van der Waals surface area contributed by atoms with Crippen LogP contribution in [0, 0.1) is 13.8 Å². The molecular weight excluding hydrogens is 274 g/mol. The van der Waals surface area contributed by atoms with Gasteiger partial charge in [-0.3, -0.25) is 4.79 Å². The first kappa shape index (κ1) is 15.4. The Balaban J connectivity index is 2.32. The summed E-state index contributed by atoms with van der Waals surface area (Å²) in [6.07, 6.45) is -0.731. The maximum atomic E-state index is 12.6. The number of rotatable bonds is 5. The summed E-state index contributed by atoms with van der Waals surface area (Å²) in [5, 5.41) is 14.2. The van der Waals surface area contributed by atoms with E-state index in [0.29, 0.717) is 28.1 Å². The Morgan fingerprint density at radius 3 is 2.90 bits per heavy atom. The molecule has 0 saturated carbocycles. The molecule has 7 nitrogen and oxygen atoms in total. The lowest BCUT2D eigenvalue weighted by molar-refractivity contribution is 0.0381. The van der Waals surface area contributed by atoms with E-state index in [1.807, 2.05) is 0 Å². The number of carbonyl (C=O) groups excluding carboxylic acids is 1. The number of aliphatic hydroxyl groups excluding tert-OH is 1. The summed E-state index contributed by atoms with van der Waals surface area (Å²) in [6.45, 7) is 3.90. The van der Waals surface area contributed by atoms with E-state index in [2.05, 4.69) is 10.1 Å². The summed E-state index contributed by atoms with van der Waals surface area (Å²) < 4.78 is 9.98. The van der Waals surface area contributed by atoms with Crippen molar-refractivity contribution in [2.75, 3.05) is 27.3 Å². The second-order valence-electron chi connectivity index (χ2n) is 5.05. The third-order valence-corrected chi connectivity index (χ3v) is 3.17. The molecule has 1 atom stereocenters. The van der Waals surface area contributed by atoms with Gasteiger partial charge in [0, 0.05) is 26.4 Å². The normalized spacial score (nSPS) is 12.6. The van der Waals surface area contributed by atoms with Gasteiger partial charge in [-0.1, -0.05) is 5.16 Å². The number of hydrogen-bond donors (Lipinski definition) is 1. The monoisotopic (exact) mass is 293 g/mol. The minimum Gasteiger partial charge on any atom is -0.389 e. The molecule has 0 fully saturated rings. The van der Waals surface area contributed by atoms with Crippen molar-refractivity contribution in [2.45, 2.75) is 20.0 Å². The molecule has 0 bridgehead atoms. The van der Waals surface area contributed by atoms with E-state index in [1.165, 1.54) is 12.0 Å². The molecule has 1 unspecified atom stereocenters. The molecule has 0 aliphatic carbocycles. The van der Waals surface area contributed by atoms with E-state index >= 15 is 0 Å².